The molecule has 1 aliphatic rings. The Bertz CT molecular complexity index is 539. The number of nitrogens with one attached hydrogen (secondary N) is 1. The second-order valence-corrected chi connectivity index (χ2v) is 4.77. The Balaban J connectivity index is 2.20. The molecule has 4 N–H and O–H groups in total. The monoisotopic (exact) mass is 314 g/mol. The molecule has 0 unspecified atom stereocenters. The van der Waals surface area contributed by atoms with E-state index >= 15 is 0 Å². The zero-order valence-electron chi connectivity index (χ0n) is 11.9. The maximum atomic E-state index is 11.1. The summed E-state index contributed by atoms with van der Waals surface area (Å²) in [6.07, 6.45) is -4.61. The average molecular weight is 314 g/mol. The number of aliphatic hydroxyl groups excluding tert-OH is 3. The Kier molecular flexibility index (Phi) is 5.14. The number of nitro benzene ring substituents is 1. The van der Waals surface area contributed by atoms with Crippen LogP contribution in [0.2, 0.25) is 0 Å². The molecule has 2 rings (SSSR count). The van der Waals surface area contributed by atoms with Gasteiger partial charge in [-0.15, -0.1) is 0 Å². The smallest absolute Gasteiger partial charge is 0.296 e. The van der Waals surface area contributed by atoms with Gasteiger partial charge in [-0.1, -0.05) is 0 Å². The van der Waals surface area contributed by atoms with Gasteiger partial charge in [-0.3, -0.25) is 10.1 Å². The summed E-state index contributed by atoms with van der Waals surface area (Å²) in [6.45, 7) is 1.66. The largest absolute Gasteiger partial charge is 0.494 e. The van der Waals surface area contributed by atoms with Crippen LogP contribution in [0.1, 0.15) is 6.92 Å². The molecule has 4 atom stereocenters. The molecular formula is C13H18N2O7. The van der Waals surface area contributed by atoms with Crippen molar-refractivity contribution in [3.63, 3.8) is 0 Å². The quantitative estimate of drug-likeness (QED) is 0.420. The second kappa shape index (κ2) is 6.88. The van der Waals surface area contributed by atoms with E-state index in [0.29, 0.717) is 12.4 Å². The molecule has 0 radical (unpaired) electrons. The molecule has 0 saturated carbocycles. The van der Waals surface area contributed by atoms with E-state index in [0.717, 1.165) is 0 Å². The molecule has 9 nitrogen and oxygen atoms in total. The lowest BCUT2D eigenvalue weighted by Crippen LogP contribution is -2.36. The predicted molar refractivity (Wildman–Crippen MR) is 75.6 cm³/mol. The van der Waals surface area contributed by atoms with Gasteiger partial charge in [-0.2, -0.15) is 0 Å². The lowest BCUT2D eigenvalue weighted by molar-refractivity contribution is -0.384. The maximum absolute atomic E-state index is 11.1. The summed E-state index contributed by atoms with van der Waals surface area (Å²) in [5.74, 6) is 0.348. The number of ether oxygens (including phenoxy) is 2. The number of hydrogen-bond donors (Lipinski definition) is 4. The molecule has 1 heterocycles. The van der Waals surface area contributed by atoms with Gasteiger partial charge >= 0.3 is 0 Å². The van der Waals surface area contributed by atoms with E-state index in [1.54, 1.807) is 13.0 Å². The Morgan fingerprint density at radius 1 is 1.41 bits per heavy atom. The number of anilines is 1. The first kappa shape index (κ1) is 16.4. The first-order valence-corrected chi connectivity index (χ1v) is 6.78. The molecule has 1 aliphatic heterocycles. The van der Waals surface area contributed by atoms with Gasteiger partial charge in [-0.25, -0.2) is 0 Å². The second-order valence-electron chi connectivity index (χ2n) is 4.77. The third kappa shape index (κ3) is 3.28. The number of nitro groups is 1. The summed E-state index contributed by atoms with van der Waals surface area (Å²) in [7, 11) is 0. The van der Waals surface area contributed by atoms with Crippen LogP contribution in [-0.2, 0) is 4.74 Å². The van der Waals surface area contributed by atoms with Crippen molar-refractivity contribution < 1.29 is 29.7 Å². The van der Waals surface area contributed by atoms with Gasteiger partial charge in [0.25, 0.3) is 5.69 Å². The Morgan fingerprint density at radius 3 is 2.68 bits per heavy atom. The highest BCUT2D eigenvalue weighted by atomic mass is 16.6. The zero-order chi connectivity index (χ0) is 16.3. The highest BCUT2D eigenvalue weighted by Crippen LogP contribution is 2.32. The summed E-state index contributed by atoms with van der Waals surface area (Å²) >= 11 is 0. The molecule has 122 valence electrons. The van der Waals surface area contributed by atoms with Crippen LogP contribution in [0.25, 0.3) is 0 Å². The molecule has 0 bridgehead atoms. The molecule has 1 aromatic rings. The number of benzene rings is 1. The highest BCUT2D eigenvalue weighted by molar-refractivity contribution is 5.64. The molecule has 0 spiro atoms. The van der Waals surface area contributed by atoms with Crippen LogP contribution >= 0.6 is 0 Å². The van der Waals surface area contributed by atoms with E-state index < -0.39 is 36.1 Å². The van der Waals surface area contributed by atoms with Crippen molar-refractivity contribution in [2.24, 2.45) is 0 Å². The van der Waals surface area contributed by atoms with E-state index in [-0.39, 0.29) is 11.4 Å². The van der Waals surface area contributed by atoms with Crippen LogP contribution in [0.5, 0.6) is 5.75 Å². The standard InChI is InChI=1S/C13H18N2O7/c1-2-21-7-3-4-8(9(5-7)15(19)20)14-13-12(18)11(17)10(6-16)22-13/h3-5,10-14,16-18H,2,6H2,1H3/t10-,11+,12-,13-/m1/s1. The molecule has 9 heteroatoms. The lowest BCUT2D eigenvalue weighted by Gasteiger charge is -2.18. The molecular weight excluding hydrogens is 296 g/mol. The normalized spacial score (nSPS) is 27.6. The van der Waals surface area contributed by atoms with Crippen molar-refractivity contribution in [1.82, 2.24) is 0 Å². The number of hydrogen-bond acceptors (Lipinski definition) is 8. The summed E-state index contributed by atoms with van der Waals surface area (Å²) in [5.41, 5.74) is -0.132. The van der Waals surface area contributed by atoms with E-state index in [1.807, 2.05) is 0 Å². The Hall–Kier alpha value is -1.94. The summed E-state index contributed by atoms with van der Waals surface area (Å²) < 4.78 is 10.4. The van der Waals surface area contributed by atoms with Crippen LogP contribution in [0, 0.1) is 10.1 Å². The fraction of sp³-hybridized carbons (Fsp3) is 0.538. The zero-order valence-corrected chi connectivity index (χ0v) is 11.9. The van der Waals surface area contributed by atoms with Crippen LogP contribution in [0.3, 0.4) is 0 Å². The third-order valence-electron chi connectivity index (χ3n) is 3.32. The van der Waals surface area contributed by atoms with Crippen LogP contribution < -0.4 is 10.1 Å². The minimum absolute atomic E-state index is 0.114. The Morgan fingerprint density at radius 2 is 2.14 bits per heavy atom. The minimum atomic E-state index is -1.32. The van der Waals surface area contributed by atoms with Crippen molar-refractivity contribution in [1.29, 1.82) is 0 Å². The molecule has 0 aromatic heterocycles. The Labute approximate surface area is 126 Å². The van der Waals surface area contributed by atoms with Crippen molar-refractivity contribution in [3.05, 3.63) is 28.3 Å². The van der Waals surface area contributed by atoms with Gasteiger partial charge in [0.1, 0.15) is 29.7 Å². The van der Waals surface area contributed by atoms with Gasteiger partial charge in [0.2, 0.25) is 0 Å². The topological polar surface area (TPSA) is 134 Å². The molecule has 22 heavy (non-hydrogen) atoms. The molecule has 1 saturated heterocycles. The van der Waals surface area contributed by atoms with Crippen LogP contribution in [0.4, 0.5) is 11.4 Å². The van der Waals surface area contributed by atoms with Gasteiger partial charge in [0.05, 0.1) is 24.2 Å². The first-order chi connectivity index (χ1) is 10.5. The third-order valence-corrected chi connectivity index (χ3v) is 3.32. The average Bonchev–Trinajstić information content (AvgIpc) is 2.76. The number of rotatable bonds is 6. The van der Waals surface area contributed by atoms with Gasteiger partial charge in [-0.05, 0) is 19.1 Å². The lowest BCUT2D eigenvalue weighted by atomic mass is 10.1. The van der Waals surface area contributed by atoms with Gasteiger partial charge < -0.3 is 30.1 Å². The van der Waals surface area contributed by atoms with Gasteiger partial charge in [0.15, 0.2) is 6.23 Å². The predicted octanol–water partition coefficient (Wildman–Crippen LogP) is -0.156. The number of aliphatic hydroxyl groups is 3. The van der Waals surface area contributed by atoms with Crippen molar-refractivity contribution in [2.75, 3.05) is 18.5 Å². The van der Waals surface area contributed by atoms with E-state index in [1.165, 1.54) is 12.1 Å². The van der Waals surface area contributed by atoms with E-state index in [4.69, 9.17) is 14.6 Å². The van der Waals surface area contributed by atoms with E-state index in [2.05, 4.69) is 5.32 Å². The fourth-order valence-corrected chi connectivity index (χ4v) is 2.21. The van der Waals surface area contributed by atoms with Crippen LogP contribution in [-0.4, -0.2) is 58.0 Å². The fourth-order valence-electron chi connectivity index (χ4n) is 2.21. The van der Waals surface area contributed by atoms with E-state index in [9.17, 15) is 20.3 Å². The molecule has 0 amide bonds. The minimum Gasteiger partial charge on any atom is -0.494 e. The van der Waals surface area contributed by atoms with Crippen molar-refractivity contribution in [3.8, 4) is 5.75 Å². The molecule has 1 aromatic carbocycles. The van der Waals surface area contributed by atoms with Crippen molar-refractivity contribution in [2.45, 2.75) is 31.5 Å². The summed E-state index contributed by atoms with van der Waals surface area (Å²) in [4.78, 5) is 10.5. The molecule has 1 fully saturated rings. The summed E-state index contributed by atoms with van der Waals surface area (Å²) in [6, 6.07) is 4.23. The summed E-state index contributed by atoms with van der Waals surface area (Å²) in [5, 5.41) is 42.3. The van der Waals surface area contributed by atoms with Gasteiger partial charge in [0, 0.05) is 0 Å². The number of nitrogens with zero attached hydrogens (tertiary/aromatic N) is 1. The van der Waals surface area contributed by atoms with Crippen molar-refractivity contribution >= 4 is 11.4 Å². The first-order valence-electron chi connectivity index (χ1n) is 6.78. The molecule has 0 aliphatic carbocycles. The highest BCUT2D eigenvalue weighted by Gasteiger charge is 2.42. The SMILES string of the molecule is CCOc1ccc(N[C@@H]2O[C@H](CO)[C@H](O)[C@H]2O)c([N+](=O)[O-])c1. The van der Waals surface area contributed by atoms with Crippen LogP contribution in [0.15, 0.2) is 18.2 Å². The maximum Gasteiger partial charge on any atom is 0.296 e.